The average Bonchev–Trinajstić information content (AvgIpc) is 3.39. The predicted octanol–water partition coefficient (Wildman–Crippen LogP) is 8.89. The summed E-state index contributed by atoms with van der Waals surface area (Å²) in [5, 5.41) is 0. The first-order valence-corrected chi connectivity index (χ1v) is 11.7. The van der Waals surface area contributed by atoms with Crippen LogP contribution in [0.2, 0.25) is 0 Å². The Morgan fingerprint density at radius 3 is 1.36 bits per heavy atom. The summed E-state index contributed by atoms with van der Waals surface area (Å²) in [6, 6.07) is 0. The van der Waals surface area contributed by atoms with E-state index in [0.29, 0.717) is 5.41 Å². The lowest BCUT2D eigenvalue weighted by Gasteiger charge is -2.16. The van der Waals surface area contributed by atoms with E-state index in [1.54, 1.807) is 0 Å². The van der Waals surface area contributed by atoms with Gasteiger partial charge in [-0.15, -0.1) is 0 Å². The second-order valence-electron chi connectivity index (χ2n) is 11.4. The minimum Gasteiger partial charge on any atom is -0.0628 e. The van der Waals surface area contributed by atoms with Gasteiger partial charge >= 0.3 is 0 Å². The summed E-state index contributed by atoms with van der Waals surface area (Å²) in [6.07, 6.45) is 17.9. The third-order valence-electron chi connectivity index (χ3n) is 5.78. The molecule has 0 saturated heterocycles. The monoisotopic (exact) mass is 350 g/mol. The fraction of sp³-hybridized carbons (Fsp3) is 1.00. The Balaban J connectivity index is 0.000000189. The van der Waals surface area contributed by atoms with E-state index < -0.39 is 0 Å². The van der Waals surface area contributed by atoms with E-state index in [2.05, 4.69) is 48.5 Å². The van der Waals surface area contributed by atoms with Crippen molar-refractivity contribution in [1.29, 1.82) is 0 Å². The number of hydrogen-bond acceptors (Lipinski definition) is 0. The largest absolute Gasteiger partial charge is 0.0628 e. The van der Waals surface area contributed by atoms with Crippen molar-refractivity contribution in [3.8, 4) is 0 Å². The van der Waals surface area contributed by atoms with Gasteiger partial charge in [0.05, 0.1) is 0 Å². The summed E-state index contributed by atoms with van der Waals surface area (Å²) in [5.41, 5.74) is 0.572. The maximum Gasteiger partial charge on any atom is -0.0383 e. The van der Waals surface area contributed by atoms with Crippen LogP contribution in [-0.4, -0.2) is 0 Å². The molecule has 0 radical (unpaired) electrons. The zero-order valence-corrected chi connectivity index (χ0v) is 18.9. The molecule has 0 atom stereocenters. The average molecular weight is 351 g/mol. The summed E-state index contributed by atoms with van der Waals surface area (Å²) in [4.78, 5) is 0. The summed E-state index contributed by atoms with van der Waals surface area (Å²) >= 11 is 0. The van der Waals surface area contributed by atoms with Gasteiger partial charge in [-0.3, -0.25) is 0 Å². The second kappa shape index (κ2) is 11.7. The van der Waals surface area contributed by atoms with Gasteiger partial charge in [0, 0.05) is 0 Å². The van der Waals surface area contributed by atoms with Crippen molar-refractivity contribution in [2.45, 2.75) is 126 Å². The minimum atomic E-state index is 0.572. The highest BCUT2D eigenvalue weighted by atomic mass is 14.3. The van der Waals surface area contributed by atoms with Crippen LogP contribution in [0.15, 0.2) is 0 Å². The lowest BCUT2D eigenvalue weighted by molar-refractivity contribution is 0.355. The molecule has 0 aromatic rings. The molecule has 25 heavy (non-hydrogen) atoms. The van der Waals surface area contributed by atoms with E-state index in [9.17, 15) is 0 Å². The van der Waals surface area contributed by atoms with Crippen molar-refractivity contribution in [1.82, 2.24) is 0 Å². The van der Waals surface area contributed by atoms with E-state index in [0.717, 1.165) is 29.6 Å². The minimum absolute atomic E-state index is 0.572. The van der Waals surface area contributed by atoms with Gasteiger partial charge in [0.2, 0.25) is 0 Å². The van der Waals surface area contributed by atoms with E-state index >= 15 is 0 Å². The molecule has 0 aliphatic heterocycles. The standard InChI is InChI=1S/2C9H18.C7H14/c1-9(2,3)7-6-8-4-5-8;1-8(2)7-9-5-3-4-6-9;1-6(2)5-7-3-4-7/h8H,4-7H2,1-3H3;8-9H,3-7H2,1-2H3;6-7H,3-5H2,1-2H3. The van der Waals surface area contributed by atoms with Gasteiger partial charge in [0.15, 0.2) is 0 Å². The zero-order chi connectivity index (χ0) is 18.9. The fourth-order valence-electron chi connectivity index (χ4n) is 3.98. The summed E-state index contributed by atoms with van der Waals surface area (Å²) in [5.74, 6) is 5.19. The number of hydrogen-bond donors (Lipinski definition) is 0. The Hall–Kier alpha value is 0. The van der Waals surface area contributed by atoms with Gasteiger partial charge in [-0.05, 0) is 60.7 Å². The van der Waals surface area contributed by atoms with Crippen LogP contribution in [0, 0.1) is 35.0 Å². The Morgan fingerprint density at radius 2 is 1.04 bits per heavy atom. The molecule has 150 valence electrons. The fourth-order valence-corrected chi connectivity index (χ4v) is 3.98. The Morgan fingerprint density at radius 1 is 0.640 bits per heavy atom. The van der Waals surface area contributed by atoms with E-state index in [4.69, 9.17) is 0 Å². The third kappa shape index (κ3) is 15.9. The lowest BCUT2D eigenvalue weighted by Crippen LogP contribution is -2.04. The van der Waals surface area contributed by atoms with Crippen LogP contribution in [0.5, 0.6) is 0 Å². The van der Waals surface area contributed by atoms with Crippen LogP contribution in [-0.2, 0) is 0 Å². The smallest absolute Gasteiger partial charge is 0.0383 e. The molecule has 0 aromatic heterocycles. The maximum atomic E-state index is 2.33. The molecular formula is C25H50. The molecule has 0 N–H and O–H groups in total. The molecule has 3 saturated carbocycles. The Kier molecular flexibility index (Phi) is 10.7. The molecule has 0 bridgehead atoms. The molecule has 0 unspecified atom stereocenters. The molecule has 0 heteroatoms. The van der Waals surface area contributed by atoms with Gasteiger partial charge in [0.25, 0.3) is 0 Å². The highest BCUT2D eigenvalue weighted by Crippen LogP contribution is 2.37. The van der Waals surface area contributed by atoms with Crippen molar-refractivity contribution in [2.24, 2.45) is 35.0 Å². The first-order chi connectivity index (χ1) is 11.7. The van der Waals surface area contributed by atoms with Gasteiger partial charge in [0.1, 0.15) is 0 Å². The first-order valence-electron chi connectivity index (χ1n) is 11.7. The summed E-state index contributed by atoms with van der Waals surface area (Å²) in [6.45, 7) is 16.3. The van der Waals surface area contributed by atoms with E-state index in [1.165, 1.54) is 77.0 Å². The predicted molar refractivity (Wildman–Crippen MR) is 115 cm³/mol. The van der Waals surface area contributed by atoms with Crippen molar-refractivity contribution in [3.63, 3.8) is 0 Å². The van der Waals surface area contributed by atoms with Crippen LogP contribution in [0.4, 0.5) is 0 Å². The molecule has 0 aromatic carbocycles. The molecular weight excluding hydrogens is 300 g/mol. The van der Waals surface area contributed by atoms with Crippen molar-refractivity contribution in [2.75, 3.05) is 0 Å². The molecule has 0 nitrogen and oxygen atoms in total. The first kappa shape index (κ1) is 23.0. The van der Waals surface area contributed by atoms with Gasteiger partial charge in [-0.2, -0.15) is 0 Å². The highest BCUT2D eigenvalue weighted by molar-refractivity contribution is 4.75. The zero-order valence-electron chi connectivity index (χ0n) is 18.9. The van der Waals surface area contributed by atoms with Crippen molar-refractivity contribution in [3.05, 3.63) is 0 Å². The highest BCUT2D eigenvalue weighted by Gasteiger charge is 2.23. The molecule has 0 spiro atoms. The molecule has 0 amide bonds. The normalized spacial score (nSPS) is 21.0. The summed E-state index contributed by atoms with van der Waals surface area (Å²) < 4.78 is 0. The van der Waals surface area contributed by atoms with Crippen LogP contribution in [0.3, 0.4) is 0 Å². The second-order valence-corrected chi connectivity index (χ2v) is 11.4. The van der Waals surface area contributed by atoms with E-state index in [1.807, 2.05) is 0 Å². The molecule has 3 rings (SSSR count). The molecule has 3 fully saturated rings. The summed E-state index contributed by atoms with van der Waals surface area (Å²) in [7, 11) is 0. The lowest BCUT2D eigenvalue weighted by atomic mass is 9.89. The van der Waals surface area contributed by atoms with Crippen LogP contribution in [0.25, 0.3) is 0 Å². The van der Waals surface area contributed by atoms with Gasteiger partial charge in [-0.1, -0.05) is 99.8 Å². The van der Waals surface area contributed by atoms with Gasteiger partial charge in [-0.25, -0.2) is 0 Å². The molecule has 3 aliphatic carbocycles. The quantitative estimate of drug-likeness (QED) is 0.448. The van der Waals surface area contributed by atoms with Crippen molar-refractivity contribution < 1.29 is 0 Å². The molecule has 3 aliphatic rings. The maximum absolute atomic E-state index is 2.33. The SMILES string of the molecule is CC(C)(C)CCC1CC1.CC(C)CC1CC1.CC(C)CC1CCCC1. The number of rotatable bonds is 6. The van der Waals surface area contributed by atoms with Crippen molar-refractivity contribution >= 4 is 0 Å². The Bertz CT molecular complexity index is 305. The Labute approximate surface area is 160 Å². The van der Waals surface area contributed by atoms with Crippen LogP contribution >= 0.6 is 0 Å². The van der Waals surface area contributed by atoms with Crippen LogP contribution < -0.4 is 0 Å². The topological polar surface area (TPSA) is 0 Å². The third-order valence-corrected chi connectivity index (χ3v) is 5.78. The molecule has 0 heterocycles. The van der Waals surface area contributed by atoms with E-state index in [-0.39, 0.29) is 0 Å². The van der Waals surface area contributed by atoms with Crippen LogP contribution in [0.1, 0.15) is 126 Å². The van der Waals surface area contributed by atoms with Gasteiger partial charge < -0.3 is 0 Å².